The van der Waals surface area contributed by atoms with E-state index in [-0.39, 0.29) is 17.3 Å². The summed E-state index contributed by atoms with van der Waals surface area (Å²) in [6.45, 7) is 5.38. The summed E-state index contributed by atoms with van der Waals surface area (Å²) < 4.78 is 14.1. The Bertz CT molecular complexity index is 1090. The zero-order valence-corrected chi connectivity index (χ0v) is 14.6. The molecule has 2 aromatic heterocycles. The number of benzene rings is 1. The molecule has 0 radical (unpaired) electrons. The van der Waals surface area contributed by atoms with Crippen molar-refractivity contribution in [1.29, 1.82) is 0 Å². The summed E-state index contributed by atoms with van der Waals surface area (Å²) in [5.41, 5.74) is 0.00714. The molecule has 0 bridgehead atoms. The van der Waals surface area contributed by atoms with Crippen LogP contribution in [-0.4, -0.2) is 20.4 Å². The summed E-state index contributed by atoms with van der Waals surface area (Å²) in [5.74, 6) is 2.64. The molecule has 0 unspecified atom stereocenters. The summed E-state index contributed by atoms with van der Waals surface area (Å²) in [5, 5.41) is 3.04. The van der Waals surface area contributed by atoms with Crippen molar-refractivity contribution < 1.29 is 9.18 Å². The number of nitrogens with one attached hydrogen (secondary N) is 2. The molecule has 0 atom stereocenters. The van der Waals surface area contributed by atoms with Crippen molar-refractivity contribution >= 4 is 22.8 Å². The standard InChI is InChI=1S/C19H17FN4O2/c1-19(2,3)18(26)23-15-10-14-16(22-15)21-11-24(17(14)25)9-8-12-4-6-13(20)7-5-12/h4-7,10-11,22H,1-3H3,(H,23,26). The molecule has 0 spiro atoms. The lowest BCUT2D eigenvalue weighted by molar-refractivity contribution is -0.123. The molecule has 0 fully saturated rings. The van der Waals surface area contributed by atoms with Gasteiger partial charge >= 0.3 is 0 Å². The number of H-pyrrole nitrogens is 1. The fraction of sp³-hybridized carbons (Fsp3) is 0.211. The van der Waals surface area contributed by atoms with Crippen LogP contribution >= 0.6 is 0 Å². The van der Waals surface area contributed by atoms with Gasteiger partial charge in [-0.1, -0.05) is 20.8 Å². The number of carbonyl (C=O) groups excluding carboxylic acids is 1. The molecule has 2 heterocycles. The molecule has 0 saturated carbocycles. The predicted octanol–water partition coefficient (Wildman–Crippen LogP) is 2.71. The molecule has 26 heavy (non-hydrogen) atoms. The van der Waals surface area contributed by atoms with Crippen molar-refractivity contribution in [3.63, 3.8) is 0 Å². The first-order chi connectivity index (χ1) is 12.2. The van der Waals surface area contributed by atoms with Crippen LogP contribution in [0, 0.1) is 23.2 Å². The lowest BCUT2D eigenvalue weighted by atomic mass is 9.96. The fourth-order valence-electron chi connectivity index (χ4n) is 2.12. The van der Waals surface area contributed by atoms with Gasteiger partial charge in [0, 0.05) is 17.0 Å². The predicted molar refractivity (Wildman–Crippen MR) is 97.1 cm³/mol. The third-order valence-electron chi connectivity index (χ3n) is 3.64. The van der Waals surface area contributed by atoms with Crippen molar-refractivity contribution in [3.05, 3.63) is 58.4 Å². The molecule has 0 aliphatic carbocycles. The first kappa shape index (κ1) is 17.4. The zero-order chi connectivity index (χ0) is 18.9. The number of rotatable bonds is 1. The summed E-state index contributed by atoms with van der Waals surface area (Å²) in [7, 11) is 0. The van der Waals surface area contributed by atoms with Crippen LogP contribution in [0.5, 0.6) is 0 Å². The van der Waals surface area contributed by atoms with Gasteiger partial charge in [-0.15, -0.1) is 0 Å². The number of hydrogen-bond donors (Lipinski definition) is 2. The van der Waals surface area contributed by atoms with Gasteiger partial charge in [0.2, 0.25) is 5.91 Å². The normalized spacial score (nSPS) is 11.1. The van der Waals surface area contributed by atoms with Crippen molar-refractivity contribution in [2.24, 2.45) is 5.41 Å². The van der Waals surface area contributed by atoms with Crippen molar-refractivity contribution in [2.45, 2.75) is 20.8 Å². The highest BCUT2D eigenvalue weighted by Gasteiger charge is 2.22. The zero-order valence-electron chi connectivity index (χ0n) is 14.6. The minimum Gasteiger partial charge on any atom is -0.326 e. The number of carbonyl (C=O) groups is 1. The molecule has 132 valence electrons. The Morgan fingerprint density at radius 3 is 2.62 bits per heavy atom. The molecule has 1 amide bonds. The van der Waals surface area contributed by atoms with Gasteiger partial charge in [-0.25, -0.2) is 13.9 Å². The quantitative estimate of drug-likeness (QED) is 0.661. The molecular formula is C19H17FN4O2. The SMILES string of the molecule is CC(C)(C)C(=O)Nc1cc2c(=O)n(C#Cc3ccc(F)cc3)cnc2[nH]1. The second kappa shape index (κ2) is 6.48. The molecule has 3 aromatic rings. The first-order valence-corrected chi connectivity index (χ1v) is 7.93. The van der Waals surface area contributed by atoms with Crippen LogP contribution in [-0.2, 0) is 4.79 Å². The van der Waals surface area contributed by atoms with E-state index in [0.717, 1.165) is 4.57 Å². The van der Waals surface area contributed by atoms with Crippen LogP contribution < -0.4 is 10.9 Å². The maximum atomic E-state index is 12.9. The summed E-state index contributed by atoms with van der Waals surface area (Å²) in [4.78, 5) is 31.6. The third kappa shape index (κ3) is 3.64. The number of anilines is 1. The van der Waals surface area contributed by atoms with Gasteiger partial charge in [-0.2, -0.15) is 0 Å². The minimum atomic E-state index is -0.564. The lowest BCUT2D eigenvalue weighted by Gasteiger charge is -2.16. The Kier molecular flexibility index (Phi) is 4.34. The molecule has 2 N–H and O–H groups in total. The van der Waals surface area contributed by atoms with Gasteiger partial charge in [0.05, 0.1) is 5.39 Å². The number of aromatic amines is 1. The Labute approximate surface area is 149 Å². The second-order valence-electron chi connectivity index (χ2n) is 6.81. The smallest absolute Gasteiger partial charge is 0.274 e. The first-order valence-electron chi connectivity index (χ1n) is 7.93. The highest BCUT2D eigenvalue weighted by Crippen LogP contribution is 2.18. The average molecular weight is 352 g/mol. The van der Waals surface area contributed by atoms with E-state index < -0.39 is 5.41 Å². The lowest BCUT2D eigenvalue weighted by Crippen LogP contribution is -2.27. The van der Waals surface area contributed by atoms with E-state index in [0.29, 0.717) is 22.4 Å². The van der Waals surface area contributed by atoms with Crippen molar-refractivity contribution in [2.75, 3.05) is 5.32 Å². The van der Waals surface area contributed by atoms with Crippen LogP contribution in [0.15, 0.2) is 41.5 Å². The molecular weight excluding hydrogens is 335 g/mol. The Morgan fingerprint density at radius 2 is 1.96 bits per heavy atom. The van der Waals surface area contributed by atoms with Gasteiger partial charge in [0.15, 0.2) is 0 Å². The molecule has 3 rings (SSSR count). The highest BCUT2D eigenvalue weighted by atomic mass is 19.1. The van der Waals surface area contributed by atoms with Crippen LogP contribution in [0.3, 0.4) is 0 Å². The Balaban J connectivity index is 1.93. The van der Waals surface area contributed by atoms with E-state index >= 15 is 0 Å². The molecule has 0 aliphatic heterocycles. The average Bonchev–Trinajstić information content (AvgIpc) is 2.98. The molecule has 1 aromatic carbocycles. The minimum absolute atomic E-state index is 0.180. The van der Waals surface area contributed by atoms with Crippen LogP contribution in [0.2, 0.25) is 0 Å². The third-order valence-corrected chi connectivity index (χ3v) is 3.64. The van der Waals surface area contributed by atoms with Gasteiger partial charge in [0.1, 0.15) is 23.6 Å². The largest absolute Gasteiger partial charge is 0.326 e. The number of nitrogens with zero attached hydrogens (tertiary/aromatic N) is 2. The second-order valence-corrected chi connectivity index (χ2v) is 6.81. The van der Waals surface area contributed by atoms with Crippen LogP contribution in [0.25, 0.3) is 11.0 Å². The van der Waals surface area contributed by atoms with E-state index in [1.54, 1.807) is 20.8 Å². The van der Waals surface area contributed by atoms with Gasteiger partial charge in [-0.05, 0) is 36.3 Å². The topological polar surface area (TPSA) is 79.8 Å². The van der Waals surface area contributed by atoms with E-state index in [2.05, 4.69) is 27.2 Å². The van der Waals surface area contributed by atoms with E-state index in [1.165, 1.54) is 36.7 Å². The van der Waals surface area contributed by atoms with Crippen LogP contribution in [0.1, 0.15) is 26.3 Å². The number of aromatic nitrogens is 3. The van der Waals surface area contributed by atoms with Gasteiger partial charge < -0.3 is 10.3 Å². The van der Waals surface area contributed by atoms with Crippen LogP contribution in [0.4, 0.5) is 10.2 Å². The number of fused-ring (bicyclic) bond motifs is 1. The van der Waals surface area contributed by atoms with E-state index in [9.17, 15) is 14.0 Å². The fourth-order valence-corrected chi connectivity index (χ4v) is 2.12. The van der Waals surface area contributed by atoms with Gasteiger partial charge in [-0.3, -0.25) is 9.59 Å². The van der Waals surface area contributed by atoms with Gasteiger partial charge in [0.25, 0.3) is 5.56 Å². The van der Waals surface area contributed by atoms with E-state index in [4.69, 9.17) is 0 Å². The Hall–Kier alpha value is -3.40. The Morgan fingerprint density at radius 1 is 1.27 bits per heavy atom. The summed E-state index contributed by atoms with van der Waals surface area (Å²) in [6.07, 6.45) is 1.30. The van der Waals surface area contributed by atoms with E-state index in [1.807, 2.05) is 0 Å². The number of hydrogen-bond acceptors (Lipinski definition) is 3. The number of amides is 1. The highest BCUT2D eigenvalue weighted by molar-refractivity contribution is 5.96. The maximum Gasteiger partial charge on any atom is 0.274 e. The monoisotopic (exact) mass is 352 g/mol. The maximum absolute atomic E-state index is 12.9. The van der Waals surface area contributed by atoms with Crippen molar-refractivity contribution in [1.82, 2.24) is 14.5 Å². The number of halogens is 1. The molecule has 0 aliphatic rings. The molecule has 0 saturated heterocycles. The molecule has 7 heteroatoms. The van der Waals surface area contributed by atoms with Crippen molar-refractivity contribution in [3.8, 4) is 12.0 Å². The summed E-state index contributed by atoms with van der Waals surface area (Å²) in [6, 6.07) is 9.85. The summed E-state index contributed by atoms with van der Waals surface area (Å²) >= 11 is 0. The molecule has 6 nitrogen and oxygen atoms in total.